The highest BCUT2D eigenvalue weighted by molar-refractivity contribution is 7.91. The number of thiophene rings is 1. The van der Waals surface area contributed by atoms with Gasteiger partial charge in [0, 0.05) is 5.56 Å². The van der Waals surface area contributed by atoms with Crippen molar-refractivity contribution in [1.82, 2.24) is 14.7 Å². The van der Waals surface area contributed by atoms with Crippen LogP contribution in [0.15, 0.2) is 64.4 Å². The van der Waals surface area contributed by atoms with Crippen molar-refractivity contribution < 1.29 is 8.42 Å². The molecule has 112 valence electrons. The lowest BCUT2D eigenvalue weighted by Crippen LogP contribution is -2.23. The molecule has 0 aliphatic heterocycles. The Bertz CT molecular complexity index is 848. The fourth-order valence-corrected chi connectivity index (χ4v) is 3.95. The summed E-state index contributed by atoms with van der Waals surface area (Å²) in [6, 6.07) is 14.7. The number of benzene rings is 1. The summed E-state index contributed by atoms with van der Waals surface area (Å²) in [5.74, 6) is 0. The van der Waals surface area contributed by atoms with Gasteiger partial charge in [-0.15, -0.1) is 11.3 Å². The van der Waals surface area contributed by atoms with E-state index in [1.165, 1.54) is 17.7 Å². The van der Waals surface area contributed by atoms with Crippen molar-refractivity contribution in [2.24, 2.45) is 0 Å². The van der Waals surface area contributed by atoms with Crippen molar-refractivity contribution >= 4 is 21.4 Å². The Kier molecular flexibility index (Phi) is 4.28. The summed E-state index contributed by atoms with van der Waals surface area (Å²) in [4.78, 5) is 8.33. The summed E-state index contributed by atoms with van der Waals surface area (Å²) < 4.78 is 27.0. The maximum Gasteiger partial charge on any atom is 0.250 e. The van der Waals surface area contributed by atoms with Crippen molar-refractivity contribution in [3.63, 3.8) is 0 Å². The summed E-state index contributed by atoms with van der Waals surface area (Å²) in [5, 5.41) is 1.73. The number of nitrogens with one attached hydrogen (secondary N) is 1. The van der Waals surface area contributed by atoms with Crippen LogP contribution in [0.1, 0.15) is 5.69 Å². The average molecular weight is 331 g/mol. The smallest absolute Gasteiger partial charge is 0.240 e. The third-order valence-corrected chi connectivity index (χ3v) is 5.80. The van der Waals surface area contributed by atoms with E-state index in [4.69, 9.17) is 0 Å². The van der Waals surface area contributed by atoms with E-state index >= 15 is 0 Å². The van der Waals surface area contributed by atoms with Gasteiger partial charge in [0.15, 0.2) is 0 Å². The molecule has 1 aromatic carbocycles. The lowest BCUT2D eigenvalue weighted by molar-refractivity contribution is 0.582. The van der Waals surface area contributed by atoms with Gasteiger partial charge in [-0.25, -0.2) is 23.1 Å². The normalized spacial score (nSPS) is 11.5. The van der Waals surface area contributed by atoms with E-state index < -0.39 is 10.0 Å². The zero-order valence-corrected chi connectivity index (χ0v) is 13.1. The lowest BCUT2D eigenvalue weighted by atomic mass is 10.1. The van der Waals surface area contributed by atoms with Gasteiger partial charge in [-0.1, -0.05) is 36.4 Å². The second-order valence-electron chi connectivity index (χ2n) is 4.52. The fraction of sp³-hybridized carbons (Fsp3) is 0.0667. The number of hydrogen-bond donors (Lipinski definition) is 1. The van der Waals surface area contributed by atoms with Crippen LogP contribution in [0.4, 0.5) is 0 Å². The molecule has 2 heterocycles. The highest BCUT2D eigenvalue weighted by Crippen LogP contribution is 2.18. The molecule has 3 aromatic rings. The number of sulfonamides is 1. The van der Waals surface area contributed by atoms with Crippen LogP contribution in [-0.4, -0.2) is 18.4 Å². The first-order chi connectivity index (χ1) is 10.6. The van der Waals surface area contributed by atoms with E-state index in [9.17, 15) is 8.42 Å². The van der Waals surface area contributed by atoms with E-state index in [0.29, 0.717) is 9.90 Å². The van der Waals surface area contributed by atoms with Gasteiger partial charge in [-0.3, -0.25) is 0 Å². The average Bonchev–Trinajstić information content (AvgIpc) is 3.10. The van der Waals surface area contributed by atoms with Gasteiger partial charge in [0.25, 0.3) is 0 Å². The van der Waals surface area contributed by atoms with Crippen molar-refractivity contribution in [2.45, 2.75) is 10.8 Å². The molecule has 1 N–H and O–H groups in total. The zero-order valence-electron chi connectivity index (χ0n) is 11.5. The molecule has 0 bridgehead atoms. The molecule has 0 fully saturated rings. The molecule has 0 unspecified atom stereocenters. The maximum atomic E-state index is 12.1. The summed E-state index contributed by atoms with van der Waals surface area (Å²) in [7, 11) is -3.48. The monoisotopic (exact) mass is 331 g/mol. The number of rotatable bonds is 5. The molecule has 0 amide bonds. The van der Waals surface area contributed by atoms with E-state index in [1.54, 1.807) is 23.6 Å². The quantitative estimate of drug-likeness (QED) is 0.780. The van der Waals surface area contributed by atoms with Crippen molar-refractivity contribution in [3.05, 3.63) is 65.9 Å². The second-order valence-corrected chi connectivity index (χ2v) is 7.46. The third-order valence-electron chi connectivity index (χ3n) is 3.00. The number of hydrogen-bond acceptors (Lipinski definition) is 5. The number of nitrogens with zero attached hydrogens (tertiary/aromatic N) is 2. The Morgan fingerprint density at radius 3 is 2.59 bits per heavy atom. The molecule has 0 spiro atoms. The van der Waals surface area contributed by atoms with Crippen LogP contribution in [-0.2, 0) is 16.6 Å². The predicted molar refractivity (Wildman–Crippen MR) is 85.8 cm³/mol. The molecule has 0 saturated carbocycles. The van der Waals surface area contributed by atoms with Gasteiger partial charge >= 0.3 is 0 Å². The largest absolute Gasteiger partial charge is 0.250 e. The first-order valence-corrected chi connectivity index (χ1v) is 8.91. The molecule has 0 atom stereocenters. The van der Waals surface area contributed by atoms with Gasteiger partial charge in [-0.2, -0.15) is 0 Å². The van der Waals surface area contributed by atoms with Crippen LogP contribution in [0.5, 0.6) is 0 Å². The van der Waals surface area contributed by atoms with Gasteiger partial charge in [0.05, 0.1) is 17.9 Å². The molecule has 22 heavy (non-hydrogen) atoms. The van der Waals surface area contributed by atoms with E-state index in [2.05, 4.69) is 14.7 Å². The van der Waals surface area contributed by atoms with Gasteiger partial charge in [0.2, 0.25) is 10.0 Å². The highest BCUT2D eigenvalue weighted by atomic mass is 32.2. The van der Waals surface area contributed by atoms with Crippen LogP contribution >= 0.6 is 11.3 Å². The highest BCUT2D eigenvalue weighted by Gasteiger charge is 2.15. The summed E-state index contributed by atoms with van der Waals surface area (Å²) >= 11 is 1.18. The minimum absolute atomic E-state index is 0.128. The Morgan fingerprint density at radius 1 is 1.05 bits per heavy atom. The SMILES string of the molecule is O=S(=O)(NCc1cc(-c2ccccc2)ncn1)c1cccs1. The number of aromatic nitrogens is 2. The van der Waals surface area contributed by atoms with Crippen molar-refractivity contribution in [1.29, 1.82) is 0 Å². The van der Waals surface area contributed by atoms with Gasteiger partial charge < -0.3 is 0 Å². The molecule has 0 aliphatic rings. The predicted octanol–water partition coefficient (Wildman–Crippen LogP) is 2.68. The molecular formula is C15H13N3O2S2. The first-order valence-electron chi connectivity index (χ1n) is 6.55. The molecular weight excluding hydrogens is 318 g/mol. The maximum absolute atomic E-state index is 12.1. The molecule has 5 nitrogen and oxygen atoms in total. The van der Waals surface area contributed by atoms with E-state index in [1.807, 2.05) is 30.3 Å². The molecule has 3 rings (SSSR count). The minimum Gasteiger partial charge on any atom is -0.240 e. The molecule has 0 radical (unpaired) electrons. The van der Waals surface area contributed by atoms with Crippen LogP contribution in [0, 0.1) is 0 Å². The van der Waals surface area contributed by atoms with Crippen molar-refractivity contribution in [2.75, 3.05) is 0 Å². The van der Waals surface area contributed by atoms with Crippen molar-refractivity contribution in [3.8, 4) is 11.3 Å². The fourth-order valence-electron chi connectivity index (χ4n) is 1.92. The van der Waals surface area contributed by atoms with Crippen LogP contribution in [0.2, 0.25) is 0 Å². The molecule has 0 aliphatic carbocycles. The Morgan fingerprint density at radius 2 is 1.86 bits per heavy atom. The Hall–Kier alpha value is -2.09. The Labute approximate surface area is 132 Å². The van der Waals surface area contributed by atoms with Gasteiger partial charge in [0.1, 0.15) is 10.5 Å². The summed E-state index contributed by atoms with van der Waals surface area (Å²) in [5.41, 5.74) is 2.35. The zero-order chi connectivity index (χ0) is 15.4. The molecule has 0 saturated heterocycles. The Balaban J connectivity index is 1.77. The lowest BCUT2D eigenvalue weighted by Gasteiger charge is -2.06. The van der Waals surface area contributed by atoms with Gasteiger partial charge in [-0.05, 0) is 17.5 Å². The molecule has 2 aromatic heterocycles. The second kappa shape index (κ2) is 6.35. The standard InChI is InChI=1S/C15H13N3O2S2/c19-22(20,15-7-4-8-21-15)18-10-13-9-14(17-11-16-13)12-5-2-1-3-6-12/h1-9,11,18H,10H2. The third kappa shape index (κ3) is 3.38. The minimum atomic E-state index is -3.48. The van der Waals surface area contributed by atoms with E-state index in [0.717, 1.165) is 11.3 Å². The topological polar surface area (TPSA) is 72.0 Å². The first kappa shape index (κ1) is 14.8. The summed E-state index contributed by atoms with van der Waals surface area (Å²) in [6.45, 7) is 0.128. The molecule has 7 heteroatoms. The van der Waals surface area contributed by atoms with Crippen LogP contribution in [0.3, 0.4) is 0 Å². The van der Waals surface area contributed by atoms with Crippen LogP contribution < -0.4 is 4.72 Å². The van der Waals surface area contributed by atoms with E-state index in [-0.39, 0.29) is 6.54 Å². The van der Waals surface area contributed by atoms with Crippen LogP contribution in [0.25, 0.3) is 11.3 Å². The summed E-state index contributed by atoms with van der Waals surface area (Å²) in [6.07, 6.45) is 1.44.